The number of hydrogen-bond donors (Lipinski definition) is 1. The topological polar surface area (TPSA) is 90.2 Å². The maximum absolute atomic E-state index is 12.2. The van der Waals surface area contributed by atoms with E-state index in [1.807, 2.05) is 0 Å². The van der Waals surface area contributed by atoms with Crippen LogP contribution in [0.25, 0.3) is 10.9 Å². The quantitative estimate of drug-likeness (QED) is 0.841. The molecular weight excluding hydrogens is 294 g/mol. The van der Waals surface area contributed by atoms with Crippen LogP contribution in [0, 0.1) is 0 Å². The minimum absolute atomic E-state index is 0.00587. The summed E-state index contributed by atoms with van der Waals surface area (Å²) in [6, 6.07) is 4.21. The van der Waals surface area contributed by atoms with Crippen LogP contribution >= 0.6 is 0 Å². The molecule has 21 heavy (non-hydrogen) atoms. The predicted octanol–water partition coefficient (Wildman–Crippen LogP) is -0.322. The Kier molecular flexibility index (Phi) is 3.03. The zero-order valence-electron chi connectivity index (χ0n) is 11.7. The van der Waals surface area contributed by atoms with Crippen molar-refractivity contribution in [2.75, 3.05) is 0 Å². The number of nitrogens with zero attached hydrogens (tertiary/aromatic N) is 2. The fourth-order valence-electron chi connectivity index (χ4n) is 2.23. The van der Waals surface area contributed by atoms with Crippen molar-refractivity contribution in [3.63, 3.8) is 0 Å². The fourth-order valence-corrected chi connectivity index (χ4v) is 3.56. The van der Waals surface area contributed by atoms with Crippen molar-refractivity contribution in [2.45, 2.75) is 23.8 Å². The lowest BCUT2D eigenvalue weighted by molar-refractivity contribution is 0.581. The van der Waals surface area contributed by atoms with Crippen LogP contribution in [0.2, 0.25) is 0 Å². The van der Waals surface area contributed by atoms with Crippen molar-refractivity contribution in [3.8, 4) is 0 Å². The van der Waals surface area contributed by atoms with Crippen molar-refractivity contribution in [1.29, 1.82) is 0 Å². The summed E-state index contributed by atoms with van der Waals surface area (Å²) in [4.78, 5) is 24.0. The van der Waals surface area contributed by atoms with E-state index in [4.69, 9.17) is 0 Å². The number of rotatable bonds is 3. The molecule has 7 nitrogen and oxygen atoms in total. The van der Waals surface area contributed by atoms with Gasteiger partial charge in [-0.2, -0.15) is 0 Å². The zero-order valence-corrected chi connectivity index (χ0v) is 12.5. The van der Waals surface area contributed by atoms with Crippen LogP contribution in [-0.4, -0.2) is 23.6 Å². The third-order valence-corrected chi connectivity index (χ3v) is 5.17. The van der Waals surface area contributed by atoms with E-state index in [-0.39, 0.29) is 16.3 Å². The van der Waals surface area contributed by atoms with Crippen molar-refractivity contribution in [2.24, 2.45) is 14.1 Å². The van der Waals surface area contributed by atoms with Crippen LogP contribution < -0.4 is 16.0 Å². The molecule has 1 heterocycles. The van der Waals surface area contributed by atoms with Gasteiger partial charge in [-0.05, 0) is 31.0 Å². The predicted molar refractivity (Wildman–Crippen MR) is 77.8 cm³/mol. The van der Waals surface area contributed by atoms with Gasteiger partial charge >= 0.3 is 5.69 Å². The van der Waals surface area contributed by atoms with Crippen molar-refractivity contribution in [3.05, 3.63) is 39.0 Å². The molecule has 0 aliphatic heterocycles. The normalized spacial score (nSPS) is 15.5. The molecule has 112 valence electrons. The standard InChI is InChI=1S/C13H15N3O4S/c1-15-11-6-5-9(21(19,20)14-8-3-4-8)7-10(11)12(17)16(2)13(15)18/h5-8,14H,3-4H2,1-2H3. The highest BCUT2D eigenvalue weighted by molar-refractivity contribution is 7.89. The van der Waals surface area contributed by atoms with Crippen LogP contribution in [0.5, 0.6) is 0 Å². The van der Waals surface area contributed by atoms with Gasteiger partial charge in [-0.15, -0.1) is 0 Å². The van der Waals surface area contributed by atoms with Gasteiger partial charge < -0.3 is 0 Å². The van der Waals surface area contributed by atoms with Crippen molar-refractivity contribution < 1.29 is 8.42 Å². The molecule has 8 heteroatoms. The first-order valence-corrected chi connectivity index (χ1v) is 8.02. The Morgan fingerprint density at radius 2 is 1.81 bits per heavy atom. The molecule has 1 N–H and O–H groups in total. The van der Waals surface area contributed by atoms with Crippen molar-refractivity contribution >= 4 is 20.9 Å². The lowest BCUT2D eigenvalue weighted by Crippen LogP contribution is -2.37. The highest BCUT2D eigenvalue weighted by atomic mass is 32.2. The van der Waals surface area contributed by atoms with E-state index in [0.717, 1.165) is 17.4 Å². The first-order chi connectivity index (χ1) is 9.81. The van der Waals surface area contributed by atoms with E-state index < -0.39 is 21.3 Å². The fraction of sp³-hybridized carbons (Fsp3) is 0.385. The number of aromatic nitrogens is 2. The third-order valence-electron chi connectivity index (χ3n) is 3.65. The molecule has 1 aliphatic rings. The van der Waals surface area contributed by atoms with Crippen LogP contribution in [-0.2, 0) is 24.1 Å². The number of benzene rings is 1. The Morgan fingerprint density at radius 1 is 1.14 bits per heavy atom. The molecule has 1 aromatic heterocycles. The van der Waals surface area contributed by atoms with Gasteiger partial charge in [0.15, 0.2) is 0 Å². The summed E-state index contributed by atoms with van der Waals surface area (Å²) in [6.45, 7) is 0. The molecule has 0 amide bonds. The number of aryl methyl sites for hydroxylation is 1. The summed E-state index contributed by atoms with van der Waals surface area (Å²) in [5.74, 6) is 0. The molecule has 0 spiro atoms. The molecule has 0 saturated heterocycles. The minimum atomic E-state index is -3.63. The van der Waals surface area contributed by atoms with Gasteiger partial charge in [-0.3, -0.25) is 13.9 Å². The summed E-state index contributed by atoms with van der Waals surface area (Å²) in [7, 11) is -0.715. The van der Waals surface area contributed by atoms with Crippen LogP contribution in [0.1, 0.15) is 12.8 Å². The summed E-state index contributed by atoms with van der Waals surface area (Å²) < 4.78 is 29.2. The Balaban J connectivity index is 2.25. The Bertz CT molecular complexity index is 952. The molecule has 0 unspecified atom stereocenters. The molecule has 1 saturated carbocycles. The van der Waals surface area contributed by atoms with E-state index in [1.165, 1.54) is 29.8 Å². The van der Waals surface area contributed by atoms with Crippen LogP contribution in [0.4, 0.5) is 0 Å². The molecule has 2 aromatic rings. The van der Waals surface area contributed by atoms with E-state index >= 15 is 0 Å². The number of hydrogen-bond acceptors (Lipinski definition) is 4. The Labute approximate surface area is 120 Å². The zero-order chi connectivity index (χ0) is 15.4. The number of fused-ring (bicyclic) bond motifs is 1. The Morgan fingerprint density at radius 3 is 2.43 bits per heavy atom. The lowest BCUT2D eigenvalue weighted by atomic mass is 10.2. The monoisotopic (exact) mass is 309 g/mol. The summed E-state index contributed by atoms with van der Waals surface area (Å²) in [5.41, 5.74) is -0.538. The van der Waals surface area contributed by atoms with Gasteiger partial charge in [0, 0.05) is 20.1 Å². The van der Waals surface area contributed by atoms with Crippen LogP contribution in [0.15, 0.2) is 32.7 Å². The van der Waals surface area contributed by atoms with Crippen LogP contribution in [0.3, 0.4) is 0 Å². The third kappa shape index (κ3) is 2.30. The molecule has 1 aromatic carbocycles. The lowest BCUT2D eigenvalue weighted by Gasteiger charge is -2.10. The van der Waals surface area contributed by atoms with Gasteiger partial charge in [0.05, 0.1) is 15.8 Å². The molecule has 1 fully saturated rings. The molecule has 3 rings (SSSR count). The molecule has 0 radical (unpaired) electrons. The SMILES string of the molecule is Cn1c(=O)c2cc(S(=O)(=O)NC3CC3)ccc2n(C)c1=O. The highest BCUT2D eigenvalue weighted by Crippen LogP contribution is 2.23. The highest BCUT2D eigenvalue weighted by Gasteiger charge is 2.28. The van der Waals surface area contributed by atoms with Gasteiger partial charge in [0.2, 0.25) is 10.0 Å². The molecule has 0 bridgehead atoms. The van der Waals surface area contributed by atoms with E-state index in [9.17, 15) is 18.0 Å². The smallest absolute Gasteiger partial charge is 0.296 e. The van der Waals surface area contributed by atoms with Gasteiger partial charge in [0.25, 0.3) is 5.56 Å². The van der Waals surface area contributed by atoms with E-state index in [0.29, 0.717) is 5.52 Å². The second kappa shape index (κ2) is 4.54. The van der Waals surface area contributed by atoms with Gasteiger partial charge in [-0.1, -0.05) is 0 Å². The number of nitrogens with one attached hydrogen (secondary N) is 1. The number of sulfonamides is 1. The van der Waals surface area contributed by atoms with E-state index in [1.54, 1.807) is 7.05 Å². The average molecular weight is 309 g/mol. The summed E-state index contributed by atoms with van der Waals surface area (Å²) in [5, 5.41) is 0.207. The maximum atomic E-state index is 12.2. The molecule has 0 atom stereocenters. The summed E-state index contributed by atoms with van der Waals surface area (Å²) >= 11 is 0. The molecular formula is C13H15N3O4S. The van der Waals surface area contributed by atoms with E-state index in [2.05, 4.69) is 4.72 Å². The summed E-state index contributed by atoms with van der Waals surface area (Å²) in [6.07, 6.45) is 1.67. The first-order valence-electron chi connectivity index (χ1n) is 6.53. The second-order valence-corrected chi connectivity index (χ2v) is 6.99. The first kappa shape index (κ1) is 14.0. The minimum Gasteiger partial charge on any atom is -0.296 e. The maximum Gasteiger partial charge on any atom is 0.330 e. The average Bonchev–Trinajstić information content (AvgIpc) is 3.25. The van der Waals surface area contributed by atoms with Gasteiger partial charge in [-0.25, -0.2) is 17.9 Å². The Hall–Kier alpha value is -1.93. The van der Waals surface area contributed by atoms with Gasteiger partial charge in [0.1, 0.15) is 0 Å². The molecule has 1 aliphatic carbocycles. The second-order valence-electron chi connectivity index (χ2n) is 5.28. The van der Waals surface area contributed by atoms with Crippen molar-refractivity contribution in [1.82, 2.24) is 13.9 Å². The largest absolute Gasteiger partial charge is 0.330 e.